The molecule has 0 heterocycles. The lowest BCUT2D eigenvalue weighted by Gasteiger charge is -2.14. The minimum absolute atomic E-state index is 0.154. The van der Waals surface area contributed by atoms with Crippen LogP contribution in [0.15, 0.2) is 47.5 Å². The van der Waals surface area contributed by atoms with Gasteiger partial charge in [-0.2, -0.15) is 5.26 Å². The van der Waals surface area contributed by atoms with Crippen LogP contribution in [0, 0.1) is 17.1 Å². The summed E-state index contributed by atoms with van der Waals surface area (Å²) in [6.45, 7) is 3.14. The molecule has 148 valence electrons. The number of halogens is 1. The maximum absolute atomic E-state index is 13.6. The maximum atomic E-state index is 13.6. The molecule has 2 aromatic carbocycles. The van der Waals surface area contributed by atoms with Gasteiger partial charge in [0.15, 0.2) is 15.8 Å². The van der Waals surface area contributed by atoms with Crippen LogP contribution in [0.3, 0.4) is 0 Å². The van der Waals surface area contributed by atoms with Gasteiger partial charge in [-0.05, 0) is 47.9 Å². The second-order valence-corrected chi connectivity index (χ2v) is 8.48. The van der Waals surface area contributed by atoms with Crippen LogP contribution in [0.4, 0.5) is 4.39 Å². The normalized spacial score (nSPS) is 11.7. The van der Waals surface area contributed by atoms with E-state index in [9.17, 15) is 12.8 Å². The SMILES string of the molecule is CCNC(=NCc1cccc(C#N)c1)NCc1cc(F)ccc1CS(C)(=O)=O. The quantitative estimate of drug-likeness (QED) is 0.548. The average Bonchev–Trinajstić information content (AvgIpc) is 2.65. The van der Waals surface area contributed by atoms with E-state index in [1.165, 1.54) is 18.2 Å². The van der Waals surface area contributed by atoms with Gasteiger partial charge in [0.25, 0.3) is 0 Å². The number of hydrogen-bond acceptors (Lipinski definition) is 4. The molecule has 8 heteroatoms. The fourth-order valence-corrected chi connectivity index (χ4v) is 3.46. The molecule has 0 saturated heterocycles. The molecule has 0 fully saturated rings. The molecule has 2 rings (SSSR count). The third-order valence-electron chi connectivity index (χ3n) is 3.85. The Morgan fingerprint density at radius 3 is 2.64 bits per heavy atom. The van der Waals surface area contributed by atoms with E-state index in [1.807, 2.05) is 13.0 Å². The van der Waals surface area contributed by atoms with Crippen molar-refractivity contribution >= 4 is 15.8 Å². The van der Waals surface area contributed by atoms with Gasteiger partial charge in [0, 0.05) is 19.3 Å². The number of nitrogens with zero attached hydrogens (tertiary/aromatic N) is 2. The monoisotopic (exact) mass is 402 g/mol. The molecule has 0 unspecified atom stereocenters. The van der Waals surface area contributed by atoms with Crippen LogP contribution in [0.25, 0.3) is 0 Å². The van der Waals surface area contributed by atoms with Crippen LogP contribution >= 0.6 is 0 Å². The first-order valence-corrected chi connectivity index (χ1v) is 10.8. The predicted molar refractivity (Wildman–Crippen MR) is 108 cm³/mol. The Hall–Kier alpha value is -2.92. The van der Waals surface area contributed by atoms with E-state index in [-0.39, 0.29) is 12.3 Å². The van der Waals surface area contributed by atoms with Gasteiger partial charge in [-0.1, -0.05) is 18.2 Å². The van der Waals surface area contributed by atoms with Crippen LogP contribution in [-0.2, 0) is 28.7 Å². The molecule has 2 N–H and O–H groups in total. The van der Waals surface area contributed by atoms with Gasteiger partial charge in [-0.25, -0.2) is 17.8 Å². The highest BCUT2D eigenvalue weighted by molar-refractivity contribution is 7.89. The number of aliphatic imine (C=N–C) groups is 1. The van der Waals surface area contributed by atoms with Gasteiger partial charge in [0.2, 0.25) is 0 Å². The summed E-state index contributed by atoms with van der Waals surface area (Å²) in [6.07, 6.45) is 1.15. The largest absolute Gasteiger partial charge is 0.357 e. The predicted octanol–water partition coefficient (Wildman–Crippen LogP) is 2.50. The summed E-state index contributed by atoms with van der Waals surface area (Å²) < 4.78 is 36.9. The number of nitriles is 1. The molecule has 0 aliphatic heterocycles. The molecule has 6 nitrogen and oxygen atoms in total. The van der Waals surface area contributed by atoms with E-state index in [4.69, 9.17) is 5.26 Å². The minimum atomic E-state index is -3.24. The Morgan fingerprint density at radius 2 is 1.96 bits per heavy atom. The van der Waals surface area contributed by atoms with E-state index in [2.05, 4.69) is 21.7 Å². The zero-order chi connectivity index (χ0) is 20.6. The molecule has 0 bridgehead atoms. The van der Waals surface area contributed by atoms with Crippen molar-refractivity contribution in [3.63, 3.8) is 0 Å². The number of benzene rings is 2. The molecule has 0 aliphatic rings. The van der Waals surface area contributed by atoms with Crippen molar-refractivity contribution < 1.29 is 12.8 Å². The van der Waals surface area contributed by atoms with Crippen LogP contribution in [0.2, 0.25) is 0 Å². The molecule has 0 amide bonds. The van der Waals surface area contributed by atoms with E-state index < -0.39 is 15.7 Å². The lowest BCUT2D eigenvalue weighted by molar-refractivity contribution is 0.599. The van der Waals surface area contributed by atoms with Gasteiger partial charge in [0.1, 0.15) is 5.82 Å². The Balaban J connectivity index is 2.14. The maximum Gasteiger partial charge on any atom is 0.191 e. The Kier molecular flexibility index (Phi) is 7.52. The number of nitrogens with one attached hydrogen (secondary N) is 2. The van der Waals surface area contributed by atoms with Crippen LogP contribution in [0.5, 0.6) is 0 Å². The molecule has 28 heavy (non-hydrogen) atoms. The first kappa shape index (κ1) is 21.4. The van der Waals surface area contributed by atoms with Gasteiger partial charge in [0.05, 0.1) is 23.9 Å². The third kappa shape index (κ3) is 7.00. The molecule has 0 aromatic heterocycles. The van der Waals surface area contributed by atoms with E-state index in [1.54, 1.807) is 18.2 Å². The number of hydrogen-bond donors (Lipinski definition) is 2. The lowest BCUT2D eigenvalue weighted by Crippen LogP contribution is -2.37. The lowest BCUT2D eigenvalue weighted by atomic mass is 10.1. The van der Waals surface area contributed by atoms with Crippen LogP contribution in [0.1, 0.15) is 29.2 Å². The second-order valence-electron chi connectivity index (χ2n) is 6.34. The fourth-order valence-electron chi connectivity index (χ4n) is 2.61. The zero-order valence-electron chi connectivity index (χ0n) is 15.9. The summed E-state index contributed by atoms with van der Waals surface area (Å²) in [5, 5.41) is 15.2. The Morgan fingerprint density at radius 1 is 1.18 bits per heavy atom. The summed E-state index contributed by atoms with van der Waals surface area (Å²) >= 11 is 0. The van der Waals surface area contributed by atoms with Crippen molar-refractivity contribution in [2.45, 2.75) is 25.8 Å². The summed E-state index contributed by atoms with van der Waals surface area (Å²) in [5.41, 5.74) is 2.56. The molecular weight excluding hydrogens is 379 g/mol. The summed E-state index contributed by atoms with van der Waals surface area (Å²) in [7, 11) is -3.24. The van der Waals surface area contributed by atoms with Crippen molar-refractivity contribution in [1.82, 2.24) is 10.6 Å². The van der Waals surface area contributed by atoms with E-state index in [0.29, 0.717) is 35.7 Å². The molecule has 2 aromatic rings. The van der Waals surface area contributed by atoms with Crippen molar-refractivity contribution in [2.24, 2.45) is 4.99 Å². The summed E-state index contributed by atoms with van der Waals surface area (Å²) in [4.78, 5) is 4.47. The minimum Gasteiger partial charge on any atom is -0.357 e. The number of rotatable bonds is 7. The highest BCUT2D eigenvalue weighted by Crippen LogP contribution is 2.14. The molecular formula is C20H23FN4O2S. The second kappa shape index (κ2) is 9.85. The molecule has 0 saturated carbocycles. The molecule has 0 aliphatic carbocycles. The Labute approximate surface area is 165 Å². The standard InChI is InChI=1S/C20H23FN4O2S/c1-3-23-20(24-12-16-6-4-5-15(9-16)11-22)25-13-18-10-19(21)8-7-17(18)14-28(2,26)27/h4-10H,3,12-14H2,1-2H3,(H2,23,24,25). The zero-order valence-corrected chi connectivity index (χ0v) is 16.7. The Bertz CT molecular complexity index is 998. The van der Waals surface area contributed by atoms with Gasteiger partial charge in [-0.3, -0.25) is 0 Å². The van der Waals surface area contributed by atoms with Crippen LogP contribution < -0.4 is 10.6 Å². The number of sulfone groups is 1. The first-order chi connectivity index (χ1) is 13.3. The molecule has 0 spiro atoms. The molecule has 0 radical (unpaired) electrons. The highest BCUT2D eigenvalue weighted by atomic mass is 32.2. The topological polar surface area (TPSA) is 94.3 Å². The van der Waals surface area contributed by atoms with Crippen molar-refractivity contribution in [2.75, 3.05) is 12.8 Å². The number of guanidine groups is 1. The first-order valence-electron chi connectivity index (χ1n) is 8.77. The van der Waals surface area contributed by atoms with Gasteiger partial charge >= 0.3 is 0 Å². The van der Waals surface area contributed by atoms with E-state index >= 15 is 0 Å². The highest BCUT2D eigenvalue weighted by Gasteiger charge is 2.11. The van der Waals surface area contributed by atoms with Crippen molar-refractivity contribution in [3.8, 4) is 6.07 Å². The summed E-state index contributed by atoms with van der Waals surface area (Å²) in [5.74, 6) is -0.0670. The molecule has 0 atom stereocenters. The summed E-state index contributed by atoms with van der Waals surface area (Å²) in [6, 6.07) is 13.3. The van der Waals surface area contributed by atoms with E-state index in [0.717, 1.165) is 11.8 Å². The van der Waals surface area contributed by atoms with Crippen molar-refractivity contribution in [1.29, 1.82) is 5.26 Å². The van der Waals surface area contributed by atoms with Gasteiger partial charge < -0.3 is 10.6 Å². The smallest absolute Gasteiger partial charge is 0.191 e. The average molecular weight is 402 g/mol. The van der Waals surface area contributed by atoms with Crippen molar-refractivity contribution in [3.05, 3.63) is 70.5 Å². The fraction of sp³-hybridized carbons (Fsp3) is 0.300. The third-order valence-corrected chi connectivity index (χ3v) is 4.69. The van der Waals surface area contributed by atoms with Gasteiger partial charge in [-0.15, -0.1) is 0 Å². The van der Waals surface area contributed by atoms with Crippen LogP contribution in [-0.4, -0.2) is 27.2 Å².